The molecule has 0 atom stereocenters. The van der Waals surface area contributed by atoms with Crippen molar-refractivity contribution in [2.45, 2.75) is 0 Å². The van der Waals surface area contributed by atoms with Crippen molar-refractivity contribution in [3.05, 3.63) is 29.6 Å². The summed E-state index contributed by atoms with van der Waals surface area (Å²) in [6.45, 7) is 0. The molecule has 0 fully saturated rings. The van der Waals surface area contributed by atoms with Crippen LogP contribution in [0.1, 0.15) is 10.4 Å². The van der Waals surface area contributed by atoms with E-state index in [1.807, 2.05) is 0 Å². The fraction of sp³-hybridized carbons (Fsp3) is 0.125. The third-order valence-corrected chi connectivity index (χ3v) is 1.56. The Morgan fingerprint density at radius 2 is 2.21 bits per heavy atom. The Kier molecular flexibility index (Phi) is 4.90. The van der Waals surface area contributed by atoms with Crippen LogP contribution < -0.4 is 11.3 Å². The van der Waals surface area contributed by atoms with Gasteiger partial charge in [0, 0.05) is 0 Å². The lowest BCUT2D eigenvalue weighted by atomic mass is 10.1. The van der Waals surface area contributed by atoms with Gasteiger partial charge in [0.2, 0.25) is 0 Å². The van der Waals surface area contributed by atoms with Gasteiger partial charge < -0.3 is 10.2 Å². The van der Waals surface area contributed by atoms with Crippen LogP contribution >= 0.6 is 12.4 Å². The van der Waals surface area contributed by atoms with Crippen molar-refractivity contribution >= 4 is 24.1 Å². The van der Waals surface area contributed by atoms with Crippen LogP contribution in [0.2, 0.25) is 0 Å². The summed E-state index contributed by atoms with van der Waals surface area (Å²) in [7, 11) is 1.18. The number of nitrogens with two attached hydrogens (primary N) is 1. The van der Waals surface area contributed by atoms with E-state index in [1.54, 1.807) is 0 Å². The Morgan fingerprint density at radius 3 is 2.71 bits per heavy atom. The molecule has 0 aliphatic heterocycles. The molecule has 78 valence electrons. The summed E-state index contributed by atoms with van der Waals surface area (Å²) in [5, 5.41) is 0. The highest BCUT2D eigenvalue weighted by Crippen LogP contribution is 2.18. The fourth-order valence-corrected chi connectivity index (χ4v) is 0.954. The largest absolute Gasteiger partial charge is 0.465 e. The van der Waals surface area contributed by atoms with E-state index in [4.69, 9.17) is 5.84 Å². The monoisotopic (exact) mass is 220 g/mol. The van der Waals surface area contributed by atoms with Crippen LogP contribution in [0, 0.1) is 5.82 Å². The van der Waals surface area contributed by atoms with E-state index in [1.165, 1.54) is 19.2 Å². The van der Waals surface area contributed by atoms with Crippen molar-refractivity contribution in [3.63, 3.8) is 0 Å². The molecule has 1 aromatic carbocycles. The lowest BCUT2D eigenvalue weighted by Crippen LogP contribution is -2.14. The molecule has 0 aliphatic carbocycles. The number of halogens is 2. The molecule has 6 heteroatoms. The summed E-state index contributed by atoms with van der Waals surface area (Å²) in [5.74, 6) is 3.66. The van der Waals surface area contributed by atoms with Crippen molar-refractivity contribution in [1.82, 2.24) is 0 Å². The van der Waals surface area contributed by atoms with Gasteiger partial charge in [-0.3, -0.25) is 5.84 Å². The molecular weight excluding hydrogens is 211 g/mol. The number of hydrogen-bond donors (Lipinski definition) is 2. The first kappa shape index (κ1) is 12.7. The lowest BCUT2D eigenvalue weighted by Gasteiger charge is -2.06. The molecular formula is C8H10ClFN2O2. The molecule has 1 rings (SSSR count). The number of methoxy groups -OCH3 is 1. The Balaban J connectivity index is 0.00000169. The van der Waals surface area contributed by atoms with E-state index in [-0.39, 0.29) is 23.7 Å². The molecule has 0 saturated heterocycles. The molecule has 3 N–H and O–H groups in total. The number of carbonyl (C=O) groups is 1. The van der Waals surface area contributed by atoms with Gasteiger partial charge in [-0.15, -0.1) is 12.4 Å². The summed E-state index contributed by atoms with van der Waals surface area (Å²) < 4.78 is 17.5. The Labute approximate surface area is 86.6 Å². The van der Waals surface area contributed by atoms with Gasteiger partial charge in [0.1, 0.15) is 11.4 Å². The molecule has 0 amide bonds. The zero-order valence-electron chi connectivity index (χ0n) is 7.41. The molecule has 0 spiro atoms. The second kappa shape index (κ2) is 5.41. The maximum Gasteiger partial charge on any atom is 0.343 e. The topological polar surface area (TPSA) is 64.3 Å². The molecule has 4 nitrogen and oxygen atoms in total. The van der Waals surface area contributed by atoms with Crippen LogP contribution in [0.25, 0.3) is 0 Å². The van der Waals surface area contributed by atoms with Crippen molar-refractivity contribution < 1.29 is 13.9 Å². The van der Waals surface area contributed by atoms with Crippen molar-refractivity contribution in [2.24, 2.45) is 5.84 Å². The summed E-state index contributed by atoms with van der Waals surface area (Å²) in [5.41, 5.74) is 2.22. The van der Waals surface area contributed by atoms with Gasteiger partial charge in [-0.05, 0) is 12.1 Å². The average Bonchev–Trinajstić information content (AvgIpc) is 2.16. The van der Waals surface area contributed by atoms with Gasteiger partial charge in [-0.25, -0.2) is 9.18 Å². The summed E-state index contributed by atoms with van der Waals surface area (Å²) in [4.78, 5) is 11.1. The van der Waals surface area contributed by atoms with E-state index >= 15 is 0 Å². The number of nitrogens with one attached hydrogen (secondary N) is 1. The highest BCUT2D eigenvalue weighted by Gasteiger charge is 2.16. The van der Waals surface area contributed by atoms with E-state index in [0.29, 0.717) is 0 Å². The van der Waals surface area contributed by atoms with Crippen LogP contribution in [0.3, 0.4) is 0 Å². The van der Waals surface area contributed by atoms with Crippen LogP contribution in [0.4, 0.5) is 10.1 Å². The van der Waals surface area contributed by atoms with Crippen LogP contribution in [0.15, 0.2) is 18.2 Å². The standard InChI is InChI=1S/C8H9FN2O2.ClH/c1-13-8(12)7-5(9)3-2-4-6(7)11-10;/h2-4,11H,10H2,1H3;1H. The van der Waals surface area contributed by atoms with Gasteiger partial charge in [0.25, 0.3) is 0 Å². The van der Waals surface area contributed by atoms with Gasteiger partial charge in [-0.1, -0.05) is 6.07 Å². The van der Waals surface area contributed by atoms with E-state index in [0.717, 1.165) is 6.07 Å². The van der Waals surface area contributed by atoms with Crippen molar-refractivity contribution in [2.75, 3.05) is 12.5 Å². The average molecular weight is 221 g/mol. The summed E-state index contributed by atoms with van der Waals surface area (Å²) in [6, 6.07) is 4.08. The molecule has 0 radical (unpaired) electrons. The number of anilines is 1. The molecule has 0 unspecified atom stereocenters. The highest BCUT2D eigenvalue weighted by molar-refractivity contribution is 5.95. The highest BCUT2D eigenvalue weighted by atomic mass is 35.5. The van der Waals surface area contributed by atoms with Gasteiger partial charge in [-0.2, -0.15) is 0 Å². The van der Waals surface area contributed by atoms with E-state index < -0.39 is 11.8 Å². The van der Waals surface area contributed by atoms with Crippen LogP contribution in [0.5, 0.6) is 0 Å². The predicted octanol–water partition coefficient (Wildman–Crippen LogP) is 1.32. The minimum absolute atomic E-state index is 0. The lowest BCUT2D eigenvalue weighted by molar-refractivity contribution is 0.0596. The van der Waals surface area contributed by atoms with E-state index in [2.05, 4.69) is 10.2 Å². The fourth-order valence-electron chi connectivity index (χ4n) is 0.954. The Bertz CT molecular complexity index is 333. The normalized spacial score (nSPS) is 8.79. The smallest absolute Gasteiger partial charge is 0.343 e. The third kappa shape index (κ3) is 2.34. The Morgan fingerprint density at radius 1 is 1.57 bits per heavy atom. The number of hydrazine groups is 1. The molecule has 0 saturated carbocycles. The maximum absolute atomic E-state index is 13.1. The zero-order valence-corrected chi connectivity index (χ0v) is 8.23. The minimum Gasteiger partial charge on any atom is -0.465 e. The SMILES string of the molecule is COC(=O)c1c(F)cccc1NN.Cl. The molecule has 0 aromatic heterocycles. The van der Waals surface area contributed by atoms with E-state index in [9.17, 15) is 9.18 Å². The van der Waals surface area contributed by atoms with Crippen LogP contribution in [-0.2, 0) is 4.74 Å². The Hall–Kier alpha value is -1.33. The van der Waals surface area contributed by atoms with Crippen molar-refractivity contribution in [3.8, 4) is 0 Å². The minimum atomic E-state index is -0.758. The molecule has 0 bridgehead atoms. The molecule has 14 heavy (non-hydrogen) atoms. The predicted molar refractivity (Wildman–Crippen MR) is 52.8 cm³/mol. The number of rotatable bonds is 2. The summed E-state index contributed by atoms with van der Waals surface area (Å²) in [6.07, 6.45) is 0. The number of benzene rings is 1. The molecule has 1 aromatic rings. The first-order valence-electron chi connectivity index (χ1n) is 3.54. The quantitative estimate of drug-likeness (QED) is 0.448. The second-order valence-electron chi connectivity index (χ2n) is 2.30. The number of carbonyl (C=O) groups excluding carboxylic acids is 1. The maximum atomic E-state index is 13.1. The first-order chi connectivity index (χ1) is 6.20. The first-order valence-corrected chi connectivity index (χ1v) is 3.54. The van der Waals surface area contributed by atoms with Gasteiger partial charge in [0.15, 0.2) is 0 Å². The van der Waals surface area contributed by atoms with Crippen molar-refractivity contribution in [1.29, 1.82) is 0 Å². The molecule has 0 heterocycles. The summed E-state index contributed by atoms with van der Waals surface area (Å²) >= 11 is 0. The number of hydrogen-bond acceptors (Lipinski definition) is 4. The number of ether oxygens (including phenoxy) is 1. The van der Waals surface area contributed by atoms with Crippen LogP contribution in [-0.4, -0.2) is 13.1 Å². The number of nitrogen functional groups attached to an aromatic ring is 1. The third-order valence-electron chi connectivity index (χ3n) is 1.56. The second-order valence-corrected chi connectivity index (χ2v) is 2.30. The van der Waals surface area contributed by atoms with Gasteiger partial charge >= 0.3 is 5.97 Å². The zero-order chi connectivity index (χ0) is 9.84. The van der Waals surface area contributed by atoms with Gasteiger partial charge in [0.05, 0.1) is 12.8 Å². The number of esters is 1. The molecule has 0 aliphatic rings.